The van der Waals surface area contributed by atoms with Gasteiger partial charge in [-0.1, -0.05) is 0 Å². The maximum absolute atomic E-state index is 10.5. The van der Waals surface area contributed by atoms with E-state index in [1.165, 1.54) is 0 Å². The minimum absolute atomic E-state index is 0.311. The van der Waals surface area contributed by atoms with Crippen molar-refractivity contribution in [3.05, 3.63) is 38.2 Å². The van der Waals surface area contributed by atoms with Gasteiger partial charge in [0.1, 0.15) is 5.01 Å². The van der Waals surface area contributed by atoms with Crippen LogP contribution in [0.2, 0.25) is 0 Å². The van der Waals surface area contributed by atoms with Crippen molar-refractivity contribution in [1.29, 1.82) is 0 Å². The number of rotatable bonds is 12. The third-order valence-electron chi connectivity index (χ3n) is 3.88. The van der Waals surface area contributed by atoms with Crippen molar-refractivity contribution in [2.75, 3.05) is 19.3 Å². The topological polar surface area (TPSA) is 83.3 Å². The molecule has 0 aliphatic rings. The summed E-state index contributed by atoms with van der Waals surface area (Å²) in [6, 6.07) is 1.27. The molecule has 0 saturated carbocycles. The monoisotopic (exact) mass is 401 g/mol. The Labute approximate surface area is 164 Å². The molecule has 0 aliphatic carbocycles. The highest BCUT2D eigenvalue weighted by Gasteiger charge is 2.23. The zero-order valence-electron chi connectivity index (χ0n) is 16.5. The van der Waals surface area contributed by atoms with E-state index in [1.54, 1.807) is 30.1 Å². The molecular weight excluding hydrogens is 370 g/mol. The van der Waals surface area contributed by atoms with Crippen LogP contribution in [0, 0.1) is 10.1 Å². The predicted molar refractivity (Wildman–Crippen MR) is 111 cm³/mol. The van der Waals surface area contributed by atoms with Crippen LogP contribution in [0.15, 0.2) is 17.4 Å². The van der Waals surface area contributed by atoms with Gasteiger partial charge in [-0.2, -0.15) is 11.8 Å². The van der Waals surface area contributed by atoms with Crippen LogP contribution in [0.1, 0.15) is 51.4 Å². The molecule has 0 spiro atoms. The van der Waals surface area contributed by atoms with Crippen LogP contribution in [-0.2, 0) is 5.75 Å². The SMILES string of the molecule is CN/C(=C\[N+](=O)[O-])NCCSCc1csc(C(C)N(C(C)C)C(C)C)n1. The van der Waals surface area contributed by atoms with E-state index in [4.69, 9.17) is 4.98 Å². The Hall–Kier alpha value is -1.32. The number of hydrogen-bond acceptors (Lipinski definition) is 8. The fraction of sp³-hybridized carbons (Fsp3) is 0.706. The summed E-state index contributed by atoms with van der Waals surface area (Å²) in [5.74, 6) is 2.12. The number of hydrogen-bond donors (Lipinski definition) is 2. The van der Waals surface area contributed by atoms with Gasteiger partial charge >= 0.3 is 0 Å². The van der Waals surface area contributed by atoms with Crippen LogP contribution < -0.4 is 10.6 Å². The largest absolute Gasteiger partial charge is 0.370 e. The number of thiazole rings is 1. The highest BCUT2D eigenvalue weighted by Crippen LogP contribution is 2.28. The Morgan fingerprint density at radius 2 is 2.04 bits per heavy atom. The van der Waals surface area contributed by atoms with Crippen LogP contribution in [0.25, 0.3) is 0 Å². The summed E-state index contributed by atoms with van der Waals surface area (Å²) in [7, 11) is 1.66. The zero-order valence-corrected chi connectivity index (χ0v) is 18.1. The third kappa shape index (κ3) is 7.51. The van der Waals surface area contributed by atoms with Crippen molar-refractivity contribution in [3.8, 4) is 0 Å². The molecule has 9 heteroatoms. The van der Waals surface area contributed by atoms with Crippen LogP contribution in [0.5, 0.6) is 0 Å². The lowest BCUT2D eigenvalue weighted by Crippen LogP contribution is -2.39. The van der Waals surface area contributed by atoms with E-state index in [0.29, 0.717) is 30.5 Å². The molecule has 0 saturated heterocycles. The molecule has 1 heterocycles. The van der Waals surface area contributed by atoms with Gasteiger partial charge in [0, 0.05) is 42.6 Å². The molecule has 0 aromatic carbocycles. The van der Waals surface area contributed by atoms with E-state index < -0.39 is 4.92 Å². The summed E-state index contributed by atoms with van der Waals surface area (Å²) in [6.45, 7) is 11.8. The molecule has 0 aliphatic heterocycles. The fourth-order valence-corrected chi connectivity index (χ4v) is 4.67. The van der Waals surface area contributed by atoms with Crippen LogP contribution in [0.3, 0.4) is 0 Å². The van der Waals surface area contributed by atoms with Gasteiger partial charge in [-0.15, -0.1) is 11.3 Å². The van der Waals surface area contributed by atoms with Gasteiger partial charge in [0.15, 0.2) is 5.82 Å². The minimum Gasteiger partial charge on any atom is -0.370 e. The van der Waals surface area contributed by atoms with Gasteiger partial charge in [0.25, 0.3) is 6.20 Å². The first-order chi connectivity index (χ1) is 12.3. The highest BCUT2D eigenvalue weighted by molar-refractivity contribution is 7.98. The van der Waals surface area contributed by atoms with Gasteiger partial charge < -0.3 is 10.6 Å². The summed E-state index contributed by atoms with van der Waals surface area (Å²) in [5.41, 5.74) is 1.10. The fourth-order valence-electron chi connectivity index (χ4n) is 2.94. The molecule has 0 radical (unpaired) electrons. The second-order valence-corrected chi connectivity index (χ2v) is 8.54. The summed E-state index contributed by atoms with van der Waals surface area (Å²) in [4.78, 5) is 17.3. The molecule has 1 rings (SSSR count). The Bertz CT molecular complexity index is 581. The zero-order chi connectivity index (χ0) is 19.7. The molecule has 2 N–H and O–H groups in total. The van der Waals surface area contributed by atoms with E-state index in [-0.39, 0.29) is 0 Å². The first kappa shape index (κ1) is 22.7. The molecule has 0 amide bonds. The maximum Gasteiger partial charge on any atom is 0.274 e. The summed E-state index contributed by atoms with van der Waals surface area (Å²) >= 11 is 3.49. The van der Waals surface area contributed by atoms with Crippen molar-refractivity contribution < 1.29 is 4.92 Å². The lowest BCUT2D eigenvalue weighted by molar-refractivity contribution is -0.404. The Balaban J connectivity index is 2.46. The van der Waals surface area contributed by atoms with Crippen LogP contribution in [-0.4, -0.2) is 46.2 Å². The summed E-state index contributed by atoms with van der Waals surface area (Å²) in [5, 5.41) is 19.5. The Morgan fingerprint density at radius 1 is 1.38 bits per heavy atom. The van der Waals surface area contributed by atoms with Gasteiger partial charge in [0.05, 0.1) is 16.7 Å². The van der Waals surface area contributed by atoms with Gasteiger partial charge in [0.2, 0.25) is 0 Å². The number of thioether (sulfide) groups is 1. The molecule has 148 valence electrons. The summed E-state index contributed by atoms with van der Waals surface area (Å²) < 4.78 is 0. The van der Waals surface area contributed by atoms with E-state index in [1.807, 2.05) is 0 Å². The van der Waals surface area contributed by atoms with Crippen molar-refractivity contribution in [2.45, 2.75) is 58.5 Å². The lowest BCUT2D eigenvalue weighted by atomic mass is 10.1. The van der Waals surface area contributed by atoms with Gasteiger partial charge in [-0.3, -0.25) is 15.0 Å². The molecular formula is C17H31N5O2S2. The number of aromatic nitrogens is 1. The predicted octanol–water partition coefficient (Wildman–Crippen LogP) is 3.44. The lowest BCUT2D eigenvalue weighted by Gasteiger charge is -2.35. The van der Waals surface area contributed by atoms with E-state index in [9.17, 15) is 10.1 Å². The normalized spacial score (nSPS) is 13.5. The van der Waals surface area contributed by atoms with Gasteiger partial charge in [-0.25, -0.2) is 4.98 Å². The van der Waals surface area contributed by atoms with Crippen molar-refractivity contribution in [1.82, 2.24) is 20.5 Å². The Morgan fingerprint density at radius 3 is 2.58 bits per heavy atom. The van der Waals surface area contributed by atoms with E-state index in [0.717, 1.165) is 28.4 Å². The number of nitro groups is 1. The summed E-state index contributed by atoms with van der Waals surface area (Å²) in [6.07, 6.45) is 0.938. The van der Waals surface area contributed by atoms with Crippen LogP contribution in [0.4, 0.5) is 0 Å². The molecule has 1 unspecified atom stereocenters. The second kappa shape index (κ2) is 11.4. The Kier molecular flexibility index (Phi) is 9.97. The van der Waals surface area contributed by atoms with E-state index >= 15 is 0 Å². The van der Waals surface area contributed by atoms with Gasteiger partial charge in [-0.05, 0) is 34.6 Å². The molecule has 7 nitrogen and oxygen atoms in total. The average Bonchev–Trinajstić information content (AvgIpc) is 3.01. The first-order valence-corrected chi connectivity index (χ1v) is 10.9. The third-order valence-corrected chi connectivity index (χ3v) is 5.94. The van der Waals surface area contributed by atoms with Crippen molar-refractivity contribution in [3.63, 3.8) is 0 Å². The van der Waals surface area contributed by atoms with Crippen molar-refractivity contribution in [2.24, 2.45) is 0 Å². The number of nitrogens with one attached hydrogen (secondary N) is 2. The highest BCUT2D eigenvalue weighted by atomic mass is 32.2. The van der Waals surface area contributed by atoms with Crippen molar-refractivity contribution >= 4 is 23.1 Å². The quantitative estimate of drug-likeness (QED) is 0.315. The van der Waals surface area contributed by atoms with Crippen LogP contribution >= 0.6 is 23.1 Å². The molecule has 1 atom stereocenters. The standard InChI is InChI=1S/C17H31N5O2S2/c1-12(2)22(13(3)4)14(5)17-20-15(11-26-17)10-25-8-7-19-16(18-6)9-21(23)24/h9,11-14,18-19H,7-8,10H2,1-6H3/b16-9+. The molecule has 0 fully saturated rings. The second-order valence-electron chi connectivity index (χ2n) is 6.55. The molecule has 26 heavy (non-hydrogen) atoms. The number of nitrogens with zero attached hydrogens (tertiary/aromatic N) is 3. The molecule has 1 aromatic rings. The first-order valence-electron chi connectivity index (χ1n) is 8.82. The minimum atomic E-state index is -0.471. The smallest absolute Gasteiger partial charge is 0.274 e. The molecule has 0 bridgehead atoms. The molecule has 1 aromatic heterocycles. The van der Waals surface area contributed by atoms with E-state index in [2.05, 4.69) is 55.5 Å². The maximum atomic E-state index is 10.5. The average molecular weight is 402 g/mol.